The second-order valence-electron chi connectivity index (χ2n) is 7.62. The fraction of sp³-hybridized carbons (Fsp3) is 0.450. The highest BCUT2D eigenvalue weighted by atomic mass is 16.2. The number of amides is 1. The zero-order valence-corrected chi connectivity index (χ0v) is 15.6. The number of carbonyl (C=O) groups is 1. The molecule has 1 N–H and O–H groups in total. The summed E-state index contributed by atoms with van der Waals surface area (Å²) in [4.78, 5) is 30.5. The second kappa shape index (κ2) is 7.43. The highest BCUT2D eigenvalue weighted by molar-refractivity contribution is 5.90. The van der Waals surface area contributed by atoms with Gasteiger partial charge in [-0.25, -0.2) is 9.67 Å². The van der Waals surface area contributed by atoms with Gasteiger partial charge in [-0.2, -0.15) is 10.4 Å². The van der Waals surface area contributed by atoms with Crippen molar-refractivity contribution in [1.82, 2.24) is 14.8 Å². The molecular weight excluding hydrogens is 356 g/mol. The van der Waals surface area contributed by atoms with Crippen LogP contribution in [0, 0.1) is 16.7 Å². The summed E-state index contributed by atoms with van der Waals surface area (Å²) in [6, 6.07) is 8.24. The molecule has 2 fully saturated rings. The molecule has 3 heterocycles. The third-order valence-electron chi connectivity index (χ3n) is 5.87. The first-order valence-corrected chi connectivity index (χ1v) is 9.56. The molecule has 1 aliphatic carbocycles. The Kier molecular flexibility index (Phi) is 4.82. The zero-order chi connectivity index (χ0) is 19.6. The van der Waals surface area contributed by atoms with E-state index < -0.39 is 0 Å². The number of hydrogen-bond donors (Lipinski definition) is 1. The molecule has 1 spiro atoms. The van der Waals surface area contributed by atoms with Gasteiger partial charge in [0.15, 0.2) is 0 Å². The van der Waals surface area contributed by atoms with Gasteiger partial charge in [-0.1, -0.05) is 6.42 Å². The van der Waals surface area contributed by atoms with E-state index >= 15 is 0 Å². The monoisotopic (exact) mass is 378 g/mol. The highest BCUT2D eigenvalue weighted by Gasteiger charge is 2.39. The number of hydrogen-bond acceptors (Lipinski definition) is 6. The number of nitriles is 1. The number of nitrogens with zero attached hydrogens (tertiary/aromatic N) is 5. The fourth-order valence-electron chi connectivity index (χ4n) is 3.98. The van der Waals surface area contributed by atoms with Crippen molar-refractivity contribution in [2.75, 3.05) is 23.3 Å². The Balaban J connectivity index is 1.41. The van der Waals surface area contributed by atoms with Crippen molar-refractivity contribution in [2.24, 2.45) is 5.41 Å². The van der Waals surface area contributed by atoms with Crippen LogP contribution in [0.2, 0.25) is 0 Å². The van der Waals surface area contributed by atoms with Crippen LogP contribution in [0.15, 0.2) is 35.3 Å². The average Bonchev–Trinajstić information content (AvgIpc) is 2.69. The molecule has 1 aliphatic heterocycles. The molecule has 0 radical (unpaired) electrons. The van der Waals surface area contributed by atoms with Gasteiger partial charge in [0, 0.05) is 19.2 Å². The summed E-state index contributed by atoms with van der Waals surface area (Å²) in [6.07, 6.45) is 7.75. The Morgan fingerprint density at radius 1 is 1.18 bits per heavy atom. The van der Waals surface area contributed by atoms with E-state index in [1.165, 1.54) is 55.1 Å². The van der Waals surface area contributed by atoms with E-state index in [0.29, 0.717) is 11.1 Å². The summed E-state index contributed by atoms with van der Waals surface area (Å²) in [5.74, 6) is 0.368. The fourth-order valence-corrected chi connectivity index (χ4v) is 3.98. The number of anilines is 2. The van der Waals surface area contributed by atoms with Gasteiger partial charge >= 0.3 is 0 Å². The molecule has 8 nitrogen and oxygen atoms in total. The summed E-state index contributed by atoms with van der Waals surface area (Å²) in [6.45, 7) is 1.70. The summed E-state index contributed by atoms with van der Waals surface area (Å²) in [5.41, 5.74) is 0.966. The van der Waals surface area contributed by atoms with Crippen LogP contribution in [0.1, 0.15) is 37.8 Å². The normalized spacial score (nSPS) is 17.6. The molecule has 1 saturated carbocycles. The molecule has 2 aliphatic rings. The summed E-state index contributed by atoms with van der Waals surface area (Å²) >= 11 is 0. The van der Waals surface area contributed by atoms with Crippen LogP contribution >= 0.6 is 0 Å². The van der Waals surface area contributed by atoms with E-state index in [0.717, 1.165) is 18.9 Å². The van der Waals surface area contributed by atoms with Crippen molar-refractivity contribution in [3.63, 3.8) is 0 Å². The first-order chi connectivity index (χ1) is 13.6. The minimum Gasteiger partial charge on any atom is -0.355 e. The molecule has 0 bridgehead atoms. The van der Waals surface area contributed by atoms with Gasteiger partial charge in [-0.15, -0.1) is 0 Å². The van der Waals surface area contributed by atoms with E-state index in [1.54, 1.807) is 12.1 Å². The van der Waals surface area contributed by atoms with E-state index in [1.807, 2.05) is 6.07 Å². The molecule has 2 aromatic heterocycles. The maximum Gasteiger partial charge on any atom is 0.267 e. The van der Waals surface area contributed by atoms with Crippen LogP contribution in [0.3, 0.4) is 0 Å². The minimum atomic E-state index is -0.370. The Bertz CT molecular complexity index is 961. The van der Waals surface area contributed by atoms with Crippen molar-refractivity contribution in [3.8, 4) is 6.07 Å². The molecule has 0 aromatic carbocycles. The SMILES string of the molecule is N#Cc1ccc(NC(=O)Cn2nc(N3CCC4(CCC4)CC3)ccc2=O)cn1. The molecule has 28 heavy (non-hydrogen) atoms. The number of carbonyl (C=O) groups excluding carboxylic acids is 1. The van der Waals surface area contributed by atoms with Crippen LogP contribution in [-0.4, -0.2) is 33.8 Å². The van der Waals surface area contributed by atoms with Gasteiger partial charge in [0.05, 0.1) is 11.9 Å². The molecule has 8 heteroatoms. The van der Waals surface area contributed by atoms with Gasteiger partial charge in [0.2, 0.25) is 5.91 Å². The van der Waals surface area contributed by atoms with Gasteiger partial charge < -0.3 is 10.2 Å². The van der Waals surface area contributed by atoms with Crippen LogP contribution in [0.25, 0.3) is 0 Å². The quantitative estimate of drug-likeness (QED) is 0.872. The third-order valence-corrected chi connectivity index (χ3v) is 5.87. The predicted molar refractivity (Wildman–Crippen MR) is 104 cm³/mol. The average molecular weight is 378 g/mol. The van der Waals surface area contributed by atoms with Crippen LogP contribution in [0.5, 0.6) is 0 Å². The number of aromatic nitrogens is 3. The lowest BCUT2D eigenvalue weighted by Crippen LogP contribution is -2.44. The Hall–Kier alpha value is -3.21. The number of nitrogens with one attached hydrogen (secondary N) is 1. The minimum absolute atomic E-state index is 0.176. The number of piperidine rings is 1. The Morgan fingerprint density at radius 3 is 2.57 bits per heavy atom. The van der Waals surface area contributed by atoms with Crippen molar-refractivity contribution in [3.05, 3.63) is 46.5 Å². The maximum atomic E-state index is 12.3. The van der Waals surface area contributed by atoms with E-state index in [4.69, 9.17) is 5.26 Å². The predicted octanol–water partition coefficient (Wildman–Crippen LogP) is 1.92. The first-order valence-electron chi connectivity index (χ1n) is 9.56. The Labute approximate surface area is 162 Å². The summed E-state index contributed by atoms with van der Waals surface area (Å²) in [5, 5.41) is 15.8. The highest BCUT2D eigenvalue weighted by Crippen LogP contribution is 2.49. The molecule has 144 valence electrons. The first kappa shape index (κ1) is 18.2. The van der Waals surface area contributed by atoms with Crippen LogP contribution in [0.4, 0.5) is 11.5 Å². The van der Waals surface area contributed by atoms with Gasteiger partial charge in [-0.05, 0) is 49.3 Å². The van der Waals surface area contributed by atoms with Gasteiger partial charge in [0.25, 0.3) is 5.56 Å². The van der Waals surface area contributed by atoms with Crippen LogP contribution in [-0.2, 0) is 11.3 Å². The molecule has 0 atom stereocenters. The standard InChI is InChI=1S/C20H22N6O2/c21-12-15-2-3-16(13-22-15)23-18(27)14-26-19(28)5-4-17(24-26)25-10-8-20(9-11-25)6-1-7-20/h2-5,13H,1,6-11,14H2,(H,23,27). The van der Waals surface area contributed by atoms with Crippen molar-refractivity contribution >= 4 is 17.4 Å². The summed E-state index contributed by atoms with van der Waals surface area (Å²) in [7, 11) is 0. The van der Waals surface area contributed by atoms with Crippen LogP contribution < -0.4 is 15.8 Å². The lowest BCUT2D eigenvalue weighted by molar-refractivity contribution is -0.117. The second-order valence-corrected chi connectivity index (χ2v) is 7.62. The number of pyridine rings is 1. The van der Waals surface area contributed by atoms with E-state index in [2.05, 4.69) is 20.3 Å². The van der Waals surface area contributed by atoms with Crippen molar-refractivity contribution in [1.29, 1.82) is 5.26 Å². The molecule has 1 saturated heterocycles. The van der Waals surface area contributed by atoms with Gasteiger partial charge in [0.1, 0.15) is 24.1 Å². The molecule has 1 amide bonds. The lowest BCUT2D eigenvalue weighted by Gasteiger charge is -2.48. The maximum absolute atomic E-state index is 12.3. The van der Waals surface area contributed by atoms with E-state index in [-0.39, 0.29) is 23.7 Å². The topological polar surface area (TPSA) is 104 Å². The Morgan fingerprint density at radius 2 is 1.96 bits per heavy atom. The van der Waals surface area contributed by atoms with Crippen molar-refractivity contribution in [2.45, 2.75) is 38.6 Å². The summed E-state index contributed by atoms with van der Waals surface area (Å²) < 4.78 is 1.19. The largest absolute Gasteiger partial charge is 0.355 e. The molecular formula is C20H22N6O2. The van der Waals surface area contributed by atoms with E-state index in [9.17, 15) is 9.59 Å². The van der Waals surface area contributed by atoms with Gasteiger partial charge in [-0.3, -0.25) is 9.59 Å². The van der Waals surface area contributed by atoms with Crippen molar-refractivity contribution < 1.29 is 4.79 Å². The molecule has 4 rings (SSSR count). The smallest absolute Gasteiger partial charge is 0.267 e. The third kappa shape index (κ3) is 3.74. The lowest BCUT2D eigenvalue weighted by atomic mass is 9.63. The zero-order valence-electron chi connectivity index (χ0n) is 15.6. The molecule has 2 aromatic rings. The number of rotatable bonds is 4. The molecule has 0 unspecified atom stereocenters.